The highest BCUT2D eigenvalue weighted by Gasteiger charge is 2.24. The molecule has 1 saturated heterocycles. The molecule has 0 bridgehead atoms. The summed E-state index contributed by atoms with van der Waals surface area (Å²) in [5.41, 5.74) is 1.30. The molecular formula is C21H28N4O3. The number of hydrogen-bond acceptors (Lipinski definition) is 4. The molecule has 1 N–H and O–H groups in total. The summed E-state index contributed by atoms with van der Waals surface area (Å²) < 4.78 is 0. The molecular weight excluding hydrogens is 356 g/mol. The molecule has 2 aliphatic rings. The van der Waals surface area contributed by atoms with Gasteiger partial charge in [0.15, 0.2) is 0 Å². The lowest BCUT2D eigenvalue weighted by molar-refractivity contribution is -0.384. The van der Waals surface area contributed by atoms with Gasteiger partial charge >= 0.3 is 0 Å². The molecule has 2 heterocycles. The average Bonchev–Trinajstić information content (AvgIpc) is 3.00. The lowest BCUT2D eigenvalue weighted by atomic mass is 9.89. The van der Waals surface area contributed by atoms with Gasteiger partial charge in [-0.05, 0) is 43.9 Å². The molecule has 1 aromatic carbocycles. The zero-order chi connectivity index (χ0) is 19.5. The van der Waals surface area contributed by atoms with Gasteiger partial charge in [-0.15, -0.1) is 0 Å². The zero-order valence-corrected chi connectivity index (χ0v) is 16.2. The number of fused-ring (bicyclic) bond motifs is 1. The molecule has 1 amide bonds. The number of benzene rings is 1. The van der Waals surface area contributed by atoms with Crippen molar-refractivity contribution in [2.75, 3.05) is 32.7 Å². The van der Waals surface area contributed by atoms with E-state index in [9.17, 15) is 14.9 Å². The van der Waals surface area contributed by atoms with Gasteiger partial charge in [0.2, 0.25) is 0 Å². The van der Waals surface area contributed by atoms with E-state index >= 15 is 0 Å². The number of nitro groups is 1. The number of carbonyl (C=O) groups excluding carboxylic acids is 1. The summed E-state index contributed by atoms with van der Waals surface area (Å²) in [6.45, 7) is 4.64. The Morgan fingerprint density at radius 3 is 2.68 bits per heavy atom. The number of aromatic amines is 1. The third-order valence-corrected chi connectivity index (χ3v) is 6.16. The number of amides is 1. The van der Waals surface area contributed by atoms with Crippen molar-refractivity contribution in [3.63, 3.8) is 0 Å². The highest BCUT2D eigenvalue weighted by atomic mass is 16.6. The molecule has 2 fully saturated rings. The van der Waals surface area contributed by atoms with Crippen LogP contribution in [0.25, 0.3) is 10.9 Å². The first kappa shape index (κ1) is 18.9. The lowest BCUT2D eigenvalue weighted by Gasteiger charge is -2.28. The first-order valence-electron chi connectivity index (χ1n) is 10.4. The predicted molar refractivity (Wildman–Crippen MR) is 108 cm³/mol. The number of rotatable bonds is 4. The number of nitrogens with one attached hydrogen (secondary N) is 1. The summed E-state index contributed by atoms with van der Waals surface area (Å²) in [5, 5.41) is 11.7. The lowest BCUT2D eigenvalue weighted by Crippen LogP contribution is -2.37. The fraction of sp³-hybridized carbons (Fsp3) is 0.571. The number of carbonyl (C=O) groups is 1. The molecule has 1 aliphatic carbocycles. The molecule has 150 valence electrons. The van der Waals surface area contributed by atoms with Crippen LogP contribution in [-0.4, -0.2) is 58.3 Å². The molecule has 7 heteroatoms. The Hall–Kier alpha value is -2.41. The summed E-state index contributed by atoms with van der Waals surface area (Å²) >= 11 is 0. The maximum atomic E-state index is 13.0. The Balaban J connectivity index is 1.40. The fourth-order valence-electron chi connectivity index (χ4n) is 4.61. The Morgan fingerprint density at radius 2 is 1.89 bits per heavy atom. The van der Waals surface area contributed by atoms with Crippen molar-refractivity contribution in [1.29, 1.82) is 0 Å². The van der Waals surface area contributed by atoms with Crippen molar-refractivity contribution in [3.8, 4) is 0 Å². The van der Waals surface area contributed by atoms with Gasteiger partial charge in [-0.25, -0.2) is 0 Å². The van der Waals surface area contributed by atoms with Gasteiger partial charge in [-0.2, -0.15) is 0 Å². The normalized spacial score (nSPS) is 19.6. The number of hydrogen-bond donors (Lipinski definition) is 1. The smallest absolute Gasteiger partial charge is 0.270 e. The number of aromatic nitrogens is 1. The first-order chi connectivity index (χ1) is 13.6. The molecule has 2 aromatic rings. The highest BCUT2D eigenvalue weighted by molar-refractivity contribution is 5.98. The molecule has 1 saturated carbocycles. The number of H-pyrrole nitrogens is 1. The minimum Gasteiger partial charge on any atom is -0.351 e. The predicted octanol–water partition coefficient (Wildman–Crippen LogP) is 3.80. The van der Waals surface area contributed by atoms with Crippen LogP contribution in [0.4, 0.5) is 5.69 Å². The molecule has 4 rings (SSSR count). The van der Waals surface area contributed by atoms with Crippen molar-refractivity contribution in [2.24, 2.45) is 5.92 Å². The van der Waals surface area contributed by atoms with E-state index in [2.05, 4.69) is 9.88 Å². The maximum Gasteiger partial charge on any atom is 0.270 e. The Labute approximate surface area is 164 Å². The van der Waals surface area contributed by atoms with Crippen molar-refractivity contribution >= 4 is 22.5 Å². The van der Waals surface area contributed by atoms with Crippen molar-refractivity contribution < 1.29 is 9.72 Å². The summed E-state index contributed by atoms with van der Waals surface area (Å²) in [6.07, 6.45) is 7.79. The Bertz CT molecular complexity index is 856. The Kier molecular flexibility index (Phi) is 5.62. The van der Waals surface area contributed by atoms with E-state index in [4.69, 9.17) is 0 Å². The van der Waals surface area contributed by atoms with Gasteiger partial charge in [0.25, 0.3) is 11.6 Å². The minimum absolute atomic E-state index is 0.0154. The van der Waals surface area contributed by atoms with Gasteiger partial charge in [-0.3, -0.25) is 14.9 Å². The van der Waals surface area contributed by atoms with Crippen LogP contribution >= 0.6 is 0 Å². The fourth-order valence-corrected chi connectivity index (χ4v) is 4.61. The molecule has 0 unspecified atom stereocenters. The van der Waals surface area contributed by atoms with Crippen LogP contribution in [0.2, 0.25) is 0 Å². The van der Waals surface area contributed by atoms with Gasteiger partial charge in [0.05, 0.1) is 4.92 Å². The SMILES string of the molecule is O=C(c1cc2cc([N+](=O)[O-])ccc2[nH]1)N1CCCN(CC2CCCCC2)CC1. The summed E-state index contributed by atoms with van der Waals surface area (Å²) in [5.74, 6) is 0.805. The van der Waals surface area contributed by atoms with Crippen molar-refractivity contribution in [1.82, 2.24) is 14.8 Å². The van der Waals surface area contributed by atoms with Crippen LogP contribution in [0.5, 0.6) is 0 Å². The Morgan fingerprint density at radius 1 is 1.07 bits per heavy atom. The van der Waals surface area contributed by atoms with Crippen molar-refractivity contribution in [2.45, 2.75) is 38.5 Å². The summed E-state index contributed by atoms with van der Waals surface area (Å²) in [4.78, 5) is 31.1. The standard InChI is InChI=1S/C21H28N4O3/c26-21(20-14-17-13-18(25(27)28)7-8-19(17)22-20)24-10-4-9-23(11-12-24)15-16-5-2-1-3-6-16/h7-8,13-14,16,22H,1-6,9-12,15H2. The van der Waals surface area contributed by atoms with Gasteiger partial charge in [0, 0.05) is 49.2 Å². The highest BCUT2D eigenvalue weighted by Crippen LogP contribution is 2.25. The monoisotopic (exact) mass is 384 g/mol. The summed E-state index contributed by atoms with van der Waals surface area (Å²) in [6, 6.07) is 6.37. The van der Waals surface area contributed by atoms with E-state index in [1.54, 1.807) is 12.1 Å². The quantitative estimate of drug-likeness (QED) is 0.642. The third kappa shape index (κ3) is 4.19. The molecule has 0 atom stereocenters. The zero-order valence-electron chi connectivity index (χ0n) is 16.2. The van der Waals surface area contributed by atoms with E-state index in [-0.39, 0.29) is 11.6 Å². The second-order valence-electron chi connectivity index (χ2n) is 8.16. The van der Waals surface area contributed by atoms with Gasteiger partial charge < -0.3 is 14.8 Å². The molecule has 0 spiro atoms. The van der Waals surface area contributed by atoms with E-state index in [0.717, 1.165) is 50.6 Å². The molecule has 1 aliphatic heterocycles. The van der Waals surface area contributed by atoms with Crippen LogP contribution in [0, 0.1) is 16.0 Å². The molecule has 1 aromatic heterocycles. The second-order valence-corrected chi connectivity index (χ2v) is 8.16. The third-order valence-electron chi connectivity index (χ3n) is 6.16. The number of non-ortho nitro benzene ring substituents is 1. The van der Waals surface area contributed by atoms with Gasteiger partial charge in [0.1, 0.15) is 5.69 Å². The minimum atomic E-state index is -0.413. The molecule has 28 heavy (non-hydrogen) atoms. The topological polar surface area (TPSA) is 82.5 Å². The van der Waals surface area contributed by atoms with E-state index in [0.29, 0.717) is 11.1 Å². The van der Waals surface area contributed by atoms with Gasteiger partial charge in [-0.1, -0.05) is 19.3 Å². The largest absolute Gasteiger partial charge is 0.351 e. The van der Waals surface area contributed by atoms with Crippen LogP contribution < -0.4 is 0 Å². The van der Waals surface area contributed by atoms with E-state index < -0.39 is 4.92 Å². The first-order valence-corrected chi connectivity index (χ1v) is 10.4. The maximum absolute atomic E-state index is 13.0. The average molecular weight is 384 g/mol. The van der Waals surface area contributed by atoms with E-state index in [1.165, 1.54) is 44.2 Å². The number of nitro benzene ring substituents is 1. The van der Waals surface area contributed by atoms with Crippen molar-refractivity contribution in [3.05, 3.63) is 40.1 Å². The van der Waals surface area contributed by atoms with Crippen LogP contribution in [0.15, 0.2) is 24.3 Å². The summed E-state index contributed by atoms with van der Waals surface area (Å²) in [7, 11) is 0. The van der Waals surface area contributed by atoms with Crippen LogP contribution in [0.1, 0.15) is 49.0 Å². The molecule has 7 nitrogen and oxygen atoms in total. The van der Waals surface area contributed by atoms with Crippen LogP contribution in [-0.2, 0) is 0 Å². The number of nitrogens with zero attached hydrogens (tertiary/aromatic N) is 3. The van der Waals surface area contributed by atoms with E-state index in [1.807, 2.05) is 4.90 Å². The van der Waals surface area contributed by atoms with Crippen LogP contribution in [0.3, 0.4) is 0 Å². The second kappa shape index (κ2) is 8.31. The molecule has 0 radical (unpaired) electrons.